The van der Waals surface area contributed by atoms with Gasteiger partial charge in [-0.15, -0.1) is 0 Å². The van der Waals surface area contributed by atoms with Gasteiger partial charge in [0.2, 0.25) is 0 Å². The number of carboxylic acids is 1. The van der Waals surface area contributed by atoms with Crippen LogP contribution in [0.4, 0.5) is 4.79 Å². The van der Waals surface area contributed by atoms with E-state index in [2.05, 4.69) is 10.6 Å². The highest BCUT2D eigenvalue weighted by molar-refractivity contribution is 5.77. The van der Waals surface area contributed by atoms with E-state index in [0.29, 0.717) is 6.54 Å². The molecule has 0 saturated heterocycles. The lowest BCUT2D eigenvalue weighted by Gasteiger charge is -2.20. The molecule has 0 bridgehead atoms. The Labute approximate surface area is 123 Å². The van der Waals surface area contributed by atoms with E-state index in [4.69, 9.17) is 9.84 Å². The van der Waals surface area contributed by atoms with Gasteiger partial charge in [0.25, 0.3) is 0 Å². The molecule has 21 heavy (non-hydrogen) atoms. The summed E-state index contributed by atoms with van der Waals surface area (Å²) in [5.41, 5.74) is 0.147. The van der Waals surface area contributed by atoms with Crippen LogP contribution in [0.5, 0.6) is 5.75 Å². The third-order valence-electron chi connectivity index (χ3n) is 3.47. The Hall–Kier alpha value is -2.24. The zero-order valence-corrected chi connectivity index (χ0v) is 12.2. The second-order valence-electron chi connectivity index (χ2n) is 5.80. The Morgan fingerprint density at radius 2 is 2.05 bits per heavy atom. The lowest BCUT2D eigenvalue weighted by atomic mass is 9.94. The summed E-state index contributed by atoms with van der Waals surface area (Å²) in [6, 6.07) is 7.40. The van der Waals surface area contributed by atoms with Crippen LogP contribution in [0.3, 0.4) is 0 Å². The molecular weight excluding hydrogens is 272 g/mol. The minimum atomic E-state index is -0.989. The van der Waals surface area contributed by atoms with Crippen LogP contribution in [0.15, 0.2) is 24.3 Å². The highest BCUT2D eigenvalue weighted by atomic mass is 16.5. The van der Waals surface area contributed by atoms with Crippen molar-refractivity contribution in [2.24, 2.45) is 5.41 Å². The Morgan fingerprint density at radius 1 is 1.33 bits per heavy atom. The van der Waals surface area contributed by atoms with Gasteiger partial charge in [0, 0.05) is 13.0 Å². The van der Waals surface area contributed by atoms with Crippen molar-refractivity contribution in [1.82, 2.24) is 10.6 Å². The monoisotopic (exact) mass is 292 g/mol. The van der Waals surface area contributed by atoms with Gasteiger partial charge in [-0.2, -0.15) is 0 Å². The Balaban J connectivity index is 1.73. The molecule has 0 spiro atoms. The average Bonchev–Trinajstić information content (AvgIpc) is 2.85. The third-order valence-corrected chi connectivity index (χ3v) is 3.47. The number of carbonyl (C=O) groups is 2. The number of rotatable bonds is 5. The molecule has 1 aromatic rings. The molecule has 1 aromatic carbocycles. The number of ether oxygens (including phenoxy) is 1. The van der Waals surface area contributed by atoms with E-state index < -0.39 is 11.4 Å². The van der Waals surface area contributed by atoms with Crippen LogP contribution in [0, 0.1) is 5.41 Å². The molecule has 3 N–H and O–H groups in total. The molecule has 1 heterocycles. The van der Waals surface area contributed by atoms with Gasteiger partial charge in [-0.25, -0.2) is 4.79 Å². The standard InChI is InChI=1S/C15H20N2O4/c1-15(2,13(18)19)9-17-14(20)16-8-11-7-10-5-3-4-6-12(10)21-11/h3-6,11H,7-9H2,1-2H3,(H,18,19)(H2,16,17,20). The number of fused-ring (bicyclic) bond motifs is 1. The van der Waals surface area contributed by atoms with Gasteiger partial charge >= 0.3 is 12.0 Å². The zero-order chi connectivity index (χ0) is 15.5. The summed E-state index contributed by atoms with van der Waals surface area (Å²) in [6.07, 6.45) is 0.678. The highest BCUT2D eigenvalue weighted by Gasteiger charge is 2.28. The van der Waals surface area contributed by atoms with Crippen LogP contribution in [0.25, 0.3) is 0 Å². The summed E-state index contributed by atoms with van der Waals surface area (Å²) in [5.74, 6) is -0.0888. The van der Waals surface area contributed by atoms with E-state index in [-0.39, 0.29) is 18.7 Å². The number of hydrogen-bond donors (Lipinski definition) is 3. The summed E-state index contributed by atoms with van der Waals surface area (Å²) in [4.78, 5) is 22.6. The minimum Gasteiger partial charge on any atom is -0.488 e. The van der Waals surface area contributed by atoms with Crippen LogP contribution >= 0.6 is 0 Å². The SMILES string of the molecule is CC(C)(CNC(=O)NCC1Cc2ccccc2O1)C(=O)O. The molecule has 0 fully saturated rings. The molecule has 0 aromatic heterocycles. The lowest BCUT2D eigenvalue weighted by Crippen LogP contribution is -2.45. The first-order chi connectivity index (χ1) is 9.88. The molecule has 1 aliphatic rings. The predicted octanol–water partition coefficient (Wildman–Crippen LogP) is 1.40. The molecule has 6 nitrogen and oxygen atoms in total. The fourth-order valence-corrected chi connectivity index (χ4v) is 2.01. The summed E-state index contributed by atoms with van der Waals surface area (Å²) in [5, 5.41) is 14.2. The van der Waals surface area contributed by atoms with Gasteiger partial charge in [-0.3, -0.25) is 4.79 Å². The molecule has 1 atom stereocenters. The quantitative estimate of drug-likeness (QED) is 0.765. The zero-order valence-electron chi connectivity index (χ0n) is 12.2. The molecule has 0 radical (unpaired) electrons. The fraction of sp³-hybridized carbons (Fsp3) is 0.467. The molecular formula is C15H20N2O4. The lowest BCUT2D eigenvalue weighted by molar-refractivity contribution is -0.146. The number of hydrogen-bond acceptors (Lipinski definition) is 3. The van der Waals surface area contributed by atoms with E-state index in [0.717, 1.165) is 17.7 Å². The Kier molecular flexibility index (Phi) is 4.35. The second-order valence-corrected chi connectivity index (χ2v) is 5.80. The number of benzene rings is 1. The maximum atomic E-state index is 11.7. The molecule has 0 aliphatic carbocycles. The molecule has 6 heteroatoms. The number of aliphatic carboxylic acids is 1. The first kappa shape index (κ1) is 15.2. The van der Waals surface area contributed by atoms with Crippen molar-refractivity contribution in [3.8, 4) is 5.75 Å². The number of amides is 2. The van der Waals surface area contributed by atoms with Gasteiger partial charge in [0.05, 0.1) is 12.0 Å². The number of carbonyl (C=O) groups excluding carboxylic acids is 1. The van der Waals surface area contributed by atoms with Crippen LogP contribution in [-0.2, 0) is 11.2 Å². The summed E-state index contributed by atoms with van der Waals surface area (Å²) < 4.78 is 5.70. The van der Waals surface area contributed by atoms with Crippen LogP contribution in [-0.4, -0.2) is 36.3 Å². The smallest absolute Gasteiger partial charge is 0.314 e. The number of carboxylic acid groups (broad SMARTS) is 1. The molecule has 0 saturated carbocycles. The van der Waals surface area contributed by atoms with Gasteiger partial charge in [-0.05, 0) is 25.5 Å². The van der Waals surface area contributed by atoms with E-state index in [1.807, 2.05) is 24.3 Å². The van der Waals surface area contributed by atoms with Crippen molar-refractivity contribution in [2.75, 3.05) is 13.1 Å². The van der Waals surface area contributed by atoms with Crippen molar-refractivity contribution < 1.29 is 19.4 Å². The largest absolute Gasteiger partial charge is 0.488 e. The van der Waals surface area contributed by atoms with Crippen LogP contribution in [0.1, 0.15) is 19.4 Å². The maximum absolute atomic E-state index is 11.7. The normalized spacial score (nSPS) is 16.8. The molecule has 1 unspecified atom stereocenters. The van der Waals surface area contributed by atoms with E-state index >= 15 is 0 Å². The van der Waals surface area contributed by atoms with Gasteiger partial charge in [-0.1, -0.05) is 18.2 Å². The number of urea groups is 1. The second kappa shape index (κ2) is 6.03. The number of nitrogens with one attached hydrogen (secondary N) is 2. The van der Waals surface area contributed by atoms with Crippen molar-refractivity contribution in [3.05, 3.63) is 29.8 Å². The summed E-state index contributed by atoms with van der Waals surface area (Å²) in [7, 11) is 0. The minimum absolute atomic E-state index is 0.0694. The number of para-hydroxylation sites is 1. The fourth-order valence-electron chi connectivity index (χ4n) is 2.01. The first-order valence-electron chi connectivity index (χ1n) is 6.88. The topological polar surface area (TPSA) is 87.7 Å². The third kappa shape index (κ3) is 3.87. The van der Waals surface area contributed by atoms with Crippen molar-refractivity contribution >= 4 is 12.0 Å². The Morgan fingerprint density at radius 3 is 2.71 bits per heavy atom. The highest BCUT2D eigenvalue weighted by Crippen LogP contribution is 2.27. The average molecular weight is 292 g/mol. The van der Waals surface area contributed by atoms with Gasteiger partial charge in [0.15, 0.2) is 0 Å². The van der Waals surface area contributed by atoms with E-state index in [1.54, 1.807) is 13.8 Å². The Bertz CT molecular complexity index is 517. The van der Waals surface area contributed by atoms with Gasteiger partial charge in [0.1, 0.15) is 11.9 Å². The summed E-state index contributed by atoms with van der Waals surface area (Å²) >= 11 is 0. The van der Waals surface area contributed by atoms with Crippen molar-refractivity contribution in [3.63, 3.8) is 0 Å². The molecule has 114 valence electrons. The molecule has 2 rings (SSSR count). The molecule has 2 amide bonds. The maximum Gasteiger partial charge on any atom is 0.314 e. The van der Waals surface area contributed by atoms with Crippen LogP contribution in [0.2, 0.25) is 0 Å². The van der Waals surface area contributed by atoms with E-state index in [9.17, 15) is 9.59 Å². The van der Waals surface area contributed by atoms with E-state index in [1.165, 1.54) is 0 Å². The molecule has 1 aliphatic heterocycles. The first-order valence-corrected chi connectivity index (χ1v) is 6.88. The van der Waals surface area contributed by atoms with Crippen molar-refractivity contribution in [2.45, 2.75) is 26.4 Å². The van der Waals surface area contributed by atoms with Crippen LogP contribution < -0.4 is 15.4 Å². The summed E-state index contributed by atoms with van der Waals surface area (Å²) in [6.45, 7) is 3.58. The van der Waals surface area contributed by atoms with Gasteiger partial charge < -0.3 is 20.5 Å². The predicted molar refractivity (Wildman–Crippen MR) is 77.4 cm³/mol. The van der Waals surface area contributed by atoms with Crippen molar-refractivity contribution in [1.29, 1.82) is 0 Å².